The molecule has 0 aromatic heterocycles. The second kappa shape index (κ2) is 11.3. The molecule has 7 nitrogen and oxygen atoms in total. The number of sulfonamides is 1. The van der Waals surface area contributed by atoms with Crippen LogP contribution in [0.3, 0.4) is 0 Å². The van der Waals surface area contributed by atoms with Crippen molar-refractivity contribution >= 4 is 33.6 Å². The van der Waals surface area contributed by atoms with E-state index in [1.165, 1.54) is 4.31 Å². The van der Waals surface area contributed by atoms with Crippen LogP contribution in [0.25, 0.3) is 0 Å². The number of amides is 2. The summed E-state index contributed by atoms with van der Waals surface area (Å²) >= 11 is 1.64. The second-order valence-electron chi connectivity index (χ2n) is 8.35. The zero-order valence-electron chi connectivity index (χ0n) is 18.1. The van der Waals surface area contributed by atoms with Crippen molar-refractivity contribution in [2.45, 2.75) is 61.9 Å². The van der Waals surface area contributed by atoms with Gasteiger partial charge in [0.2, 0.25) is 21.8 Å². The zero-order chi connectivity index (χ0) is 22.3. The lowest BCUT2D eigenvalue weighted by molar-refractivity contribution is -0.132. The van der Waals surface area contributed by atoms with Crippen LogP contribution in [0.4, 0.5) is 0 Å². The fourth-order valence-corrected chi connectivity index (χ4v) is 6.30. The Balaban J connectivity index is 1.63. The van der Waals surface area contributed by atoms with E-state index in [2.05, 4.69) is 10.6 Å². The Hall–Kier alpha value is -1.58. The van der Waals surface area contributed by atoms with Crippen LogP contribution in [-0.4, -0.2) is 61.7 Å². The van der Waals surface area contributed by atoms with E-state index >= 15 is 0 Å². The van der Waals surface area contributed by atoms with Gasteiger partial charge in [-0.3, -0.25) is 9.59 Å². The molecule has 1 heterocycles. The normalized spacial score (nSPS) is 21.5. The molecule has 1 aromatic carbocycles. The van der Waals surface area contributed by atoms with E-state index in [4.69, 9.17) is 0 Å². The summed E-state index contributed by atoms with van der Waals surface area (Å²) in [7, 11) is -3.63. The first-order valence-electron chi connectivity index (χ1n) is 11.1. The first-order chi connectivity index (χ1) is 14.9. The smallest absolute Gasteiger partial charge is 0.243 e. The second-order valence-corrected chi connectivity index (χ2v) is 11.3. The molecule has 2 atom stereocenters. The lowest BCUT2D eigenvalue weighted by Gasteiger charge is -2.32. The van der Waals surface area contributed by atoms with Crippen molar-refractivity contribution in [1.29, 1.82) is 0 Å². The highest BCUT2D eigenvalue weighted by atomic mass is 32.2. The van der Waals surface area contributed by atoms with Gasteiger partial charge in [-0.2, -0.15) is 16.1 Å². The van der Waals surface area contributed by atoms with Crippen LogP contribution >= 0.6 is 11.8 Å². The molecule has 1 aliphatic heterocycles. The van der Waals surface area contributed by atoms with Crippen molar-refractivity contribution in [1.82, 2.24) is 14.9 Å². The molecule has 3 rings (SSSR count). The molecule has 9 heteroatoms. The number of nitrogens with zero attached hydrogens (tertiary/aromatic N) is 1. The molecule has 2 fully saturated rings. The van der Waals surface area contributed by atoms with Crippen LogP contribution in [-0.2, 0) is 19.6 Å². The summed E-state index contributed by atoms with van der Waals surface area (Å²) in [6.45, 7) is 0.543. The van der Waals surface area contributed by atoms with Gasteiger partial charge in [0.05, 0.1) is 10.8 Å². The fraction of sp³-hybridized carbons (Fsp3) is 0.636. The molecule has 31 heavy (non-hydrogen) atoms. The van der Waals surface area contributed by atoms with Gasteiger partial charge in [-0.05, 0) is 56.2 Å². The highest BCUT2D eigenvalue weighted by molar-refractivity contribution is 7.98. The lowest BCUT2D eigenvalue weighted by atomic mass is 9.98. The van der Waals surface area contributed by atoms with Crippen molar-refractivity contribution in [2.24, 2.45) is 5.92 Å². The Morgan fingerprint density at radius 2 is 1.84 bits per heavy atom. The monoisotopic (exact) mass is 467 g/mol. The summed E-state index contributed by atoms with van der Waals surface area (Å²) in [4.78, 5) is 26.0. The SMILES string of the molecule is CSCCC(NC(=O)C1CCCN(S(=O)(=O)c2ccccc2)C1)C(=O)NC1CCCC1. The van der Waals surface area contributed by atoms with Gasteiger partial charge in [-0.15, -0.1) is 0 Å². The summed E-state index contributed by atoms with van der Waals surface area (Å²) < 4.78 is 27.3. The standard InChI is InChI=1S/C22H33N3O4S2/c1-30-15-13-20(22(27)23-18-9-5-6-10-18)24-21(26)17-8-7-14-25(16-17)31(28,29)19-11-3-2-4-12-19/h2-4,11-12,17-18,20H,5-10,13-16H2,1H3,(H,23,27)(H,24,26). The molecule has 1 saturated carbocycles. The van der Waals surface area contributed by atoms with Gasteiger partial charge >= 0.3 is 0 Å². The van der Waals surface area contributed by atoms with Crippen molar-refractivity contribution in [3.63, 3.8) is 0 Å². The Kier molecular flexibility index (Phi) is 8.80. The minimum absolute atomic E-state index is 0.126. The predicted octanol–water partition coefficient (Wildman–Crippen LogP) is 2.38. The summed E-state index contributed by atoms with van der Waals surface area (Å²) in [5.74, 6) is -0.0508. The highest BCUT2D eigenvalue weighted by Gasteiger charge is 2.35. The van der Waals surface area contributed by atoms with Crippen LogP contribution in [0.15, 0.2) is 35.2 Å². The van der Waals surface area contributed by atoms with Crippen molar-refractivity contribution in [3.8, 4) is 0 Å². The summed E-state index contributed by atoms with van der Waals surface area (Å²) in [5, 5.41) is 6.00. The largest absolute Gasteiger partial charge is 0.352 e. The third kappa shape index (κ3) is 6.46. The molecular formula is C22H33N3O4S2. The molecule has 2 amide bonds. The summed E-state index contributed by atoms with van der Waals surface area (Å²) in [6, 6.07) is 7.93. The van der Waals surface area contributed by atoms with Crippen LogP contribution < -0.4 is 10.6 Å². The maximum Gasteiger partial charge on any atom is 0.243 e. The van der Waals surface area contributed by atoms with Gasteiger partial charge in [-0.1, -0.05) is 31.0 Å². The Morgan fingerprint density at radius 3 is 2.52 bits per heavy atom. The number of benzene rings is 1. The Morgan fingerprint density at radius 1 is 1.13 bits per heavy atom. The molecule has 1 aromatic rings. The van der Waals surface area contributed by atoms with Crippen molar-refractivity contribution in [3.05, 3.63) is 30.3 Å². The molecule has 0 radical (unpaired) electrons. The maximum atomic E-state index is 13.0. The molecule has 2 unspecified atom stereocenters. The predicted molar refractivity (Wildman–Crippen MR) is 123 cm³/mol. The maximum absolute atomic E-state index is 13.0. The van der Waals surface area contributed by atoms with Gasteiger partial charge in [0.1, 0.15) is 6.04 Å². The average Bonchev–Trinajstić information content (AvgIpc) is 3.30. The molecule has 2 N–H and O–H groups in total. The van der Waals surface area contributed by atoms with Crippen LogP contribution in [0.2, 0.25) is 0 Å². The quantitative estimate of drug-likeness (QED) is 0.581. The topological polar surface area (TPSA) is 95.6 Å². The third-order valence-electron chi connectivity index (χ3n) is 6.08. The van der Waals surface area contributed by atoms with E-state index in [0.29, 0.717) is 25.8 Å². The number of hydrogen-bond acceptors (Lipinski definition) is 5. The van der Waals surface area contributed by atoms with Crippen LogP contribution in [0.1, 0.15) is 44.9 Å². The first-order valence-corrected chi connectivity index (χ1v) is 13.9. The van der Waals surface area contributed by atoms with E-state index in [9.17, 15) is 18.0 Å². The van der Waals surface area contributed by atoms with Gasteiger partial charge < -0.3 is 10.6 Å². The molecule has 0 bridgehead atoms. The van der Waals surface area contributed by atoms with Gasteiger partial charge in [0.25, 0.3) is 0 Å². The fourth-order valence-electron chi connectivity index (χ4n) is 4.28. The molecule has 1 saturated heterocycles. The number of thioether (sulfide) groups is 1. The van der Waals surface area contributed by atoms with E-state index < -0.39 is 22.0 Å². The van der Waals surface area contributed by atoms with Gasteiger partial charge in [-0.25, -0.2) is 8.42 Å². The summed E-state index contributed by atoms with van der Waals surface area (Å²) in [5.41, 5.74) is 0. The Labute approximate surface area is 189 Å². The highest BCUT2D eigenvalue weighted by Crippen LogP contribution is 2.24. The number of carbonyl (C=O) groups is 2. The minimum atomic E-state index is -3.63. The number of piperidine rings is 1. The number of hydrogen-bond donors (Lipinski definition) is 2. The lowest BCUT2D eigenvalue weighted by Crippen LogP contribution is -2.53. The van der Waals surface area contributed by atoms with Crippen molar-refractivity contribution in [2.75, 3.05) is 25.1 Å². The van der Waals surface area contributed by atoms with E-state index in [1.54, 1.807) is 42.1 Å². The van der Waals surface area contributed by atoms with E-state index in [1.807, 2.05) is 6.26 Å². The third-order valence-corrected chi connectivity index (χ3v) is 8.60. The number of carbonyl (C=O) groups excluding carboxylic acids is 2. The molecule has 2 aliphatic rings. The average molecular weight is 468 g/mol. The van der Waals surface area contributed by atoms with Gasteiger partial charge in [0, 0.05) is 19.1 Å². The van der Waals surface area contributed by atoms with E-state index in [0.717, 1.165) is 31.4 Å². The number of rotatable bonds is 9. The molecule has 0 spiro atoms. The number of nitrogens with one attached hydrogen (secondary N) is 2. The van der Waals surface area contributed by atoms with E-state index in [-0.39, 0.29) is 29.3 Å². The van der Waals surface area contributed by atoms with Crippen LogP contribution in [0, 0.1) is 5.92 Å². The Bertz CT molecular complexity index is 842. The summed E-state index contributed by atoms with van der Waals surface area (Å²) in [6.07, 6.45) is 8.00. The first kappa shape index (κ1) is 24.1. The molecular weight excluding hydrogens is 434 g/mol. The van der Waals surface area contributed by atoms with Gasteiger partial charge in [0.15, 0.2) is 0 Å². The minimum Gasteiger partial charge on any atom is -0.352 e. The zero-order valence-corrected chi connectivity index (χ0v) is 19.7. The van der Waals surface area contributed by atoms with Crippen molar-refractivity contribution < 1.29 is 18.0 Å². The molecule has 172 valence electrons. The van der Waals surface area contributed by atoms with Crippen LogP contribution in [0.5, 0.6) is 0 Å². The molecule has 1 aliphatic carbocycles.